The minimum atomic E-state index is -0.0421. The van der Waals surface area contributed by atoms with Gasteiger partial charge in [0.2, 0.25) is 5.95 Å². The van der Waals surface area contributed by atoms with Crippen LogP contribution in [0.5, 0.6) is 5.75 Å². The molecule has 1 atom stereocenters. The van der Waals surface area contributed by atoms with Crippen molar-refractivity contribution < 1.29 is 4.74 Å². The number of fused-ring (bicyclic) bond motifs is 1. The molecule has 0 radical (unpaired) electrons. The molecule has 3 aromatic rings. The molecule has 1 aromatic heterocycles. The molecule has 0 unspecified atom stereocenters. The summed E-state index contributed by atoms with van der Waals surface area (Å²) < 4.78 is 6.99. The molecule has 0 spiro atoms. The number of nitrogens with zero attached hydrogens (tertiary/aromatic N) is 4. The van der Waals surface area contributed by atoms with Crippen LogP contribution < -0.4 is 10.1 Å². The summed E-state index contributed by atoms with van der Waals surface area (Å²) in [5.41, 5.74) is 3.17. The molecule has 1 N–H and O–H groups in total. The number of ether oxygens (including phenoxy) is 1. The van der Waals surface area contributed by atoms with E-state index in [0.29, 0.717) is 5.95 Å². The van der Waals surface area contributed by atoms with Gasteiger partial charge in [-0.15, -0.1) is 0 Å². The molecule has 0 saturated heterocycles. The summed E-state index contributed by atoms with van der Waals surface area (Å²) in [5, 5.41) is 15.2. The minimum absolute atomic E-state index is 0.0421. The molecule has 1 aliphatic rings. The van der Waals surface area contributed by atoms with Gasteiger partial charge in [-0.3, -0.25) is 0 Å². The Morgan fingerprint density at radius 1 is 1.04 bits per heavy atom. The molecule has 0 saturated carbocycles. The van der Waals surface area contributed by atoms with Crippen molar-refractivity contribution in [1.29, 1.82) is 0 Å². The third-order valence-electron chi connectivity index (χ3n) is 3.87. The lowest BCUT2D eigenvalue weighted by Crippen LogP contribution is -2.20. The van der Waals surface area contributed by atoms with Crippen molar-refractivity contribution in [2.45, 2.75) is 6.04 Å². The fourth-order valence-electron chi connectivity index (χ4n) is 2.68. The van der Waals surface area contributed by atoms with Crippen LogP contribution in [-0.2, 0) is 0 Å². The van der Waals surface area contributed by atoms with E-state index in [1.807, 2.05) is 42.5 Å². The SMILES string of the molecule is COc1ccc(C2=C[C@@H](c3ccccc3)n3nnnc3N2)cc1. The van der Waals surface area contributed by atoms with Crippen LogP contribution >= 0.6 is 0 Å². The summed E-state index contributed by atoms with van der Waals surface area (Å²) in [6.45, 7) is 0. The Morgan fingerprint density at radius 3 is 2.57 bits per heavy atom. The fraction of sp³-hybridized carbons (Fsp3) is 0.118. The Bertz CT molecular complexity index is 839. The molecule has 2 heterocycles. The van der Waals surface area contributed by atoms with Crippen LogP contribution in [-0.4, -0.2) is 27.3 Å². The molecule has 2 aromatic carbocycles. The van der Waals surface area contributed by atoms with Crippen molar-refractivity contribution in [1.82, 2.24) is 20.2 Å². The fourth-order valence-corrected chi connectivity index (χ4v) is 2.68. The average molecular weight is 305 g/mol. The number of hydrogen-bond donors (Lipinski definition) is 1. The first-order valence-corrected chi connectivity index (χ1v) is 7.31. The maximum absolute atomic E-state index is 5.21. The van der Waals surface area contributed by atoms with Gasteiger partial charge in [0.05, 0.1) is 7.11 Å². The van der Waals surface area contributed by atoms with Crippen molar-refractivity contribution in [3.05, 3.63) is 71.8 Å². The second-order valence-corrected chi connectivity index (χ2v) is 5.24. The summed E-state index contributed by atoms with van der Waals surface area (Å²) in [6.07, 6.45) is 2.13. The standard InChI is InChI=1S/C17H15N5O/c1-23-14-9-7-12(8-10-14)15-11-16(13-5-3-2-4-6-13)22-17(18-15)19-20-21-22/h2-11,16H,1H3,(H,18,19,21)/t16-/m0/s1. The van der Waals surface area contributed by atoms with Crippen LogP contribution in [0, 0.1) is 0 Å². The Balaban J connectivity index is 1.77. The molecule has 6 heteroatoms. The first-order chi connectivity index (χ1) is 11.3. The van der Waals surface area contributed by atoms with Crippen molar-refractivity contribution >= 4 is 11.6 Å². The van der Waals surface area contributed by atoms with Crippen LogP contribution in [0.3, 0.4) is 0 Å². The summed E-state index contributed by atoms with van der Waals surface area (Å²) in [4.78, 5) is 0. The van der Waals surface area contributed by atoms with Gasteiger partial charge in [-0.25, -0.2) is 0 Å². The van der Waals surface area contributed by atoms with Crippen LogP contribution in [0.1, 0.15) is 17.2 Å². The average Bonchev–Trinajstić information content (AvgIpc) is 3.10. The predicted octanol–water partition coefficient (Wildman–Crippen LogP) is 2.74. The van der Waals surface area contributed by atoms with Crippen molar-refractivity contribution in [3.63, 3.8) is 0 Å². The minimum Gasteiger partial charge on any atom is -0.497 e. The zero-order chi connectivity index (χ0) is 15.6. The highest BCUT2D eigenvalue weighted by atomic mass is 16.5. The van der Waals surface area contributed by atoms with Gasteiger partial charge in [0.15, 0.2) is 0 Å². The number of rotatable bonds is 3. The van der Waals surface area contributed by atoms with E-state index in [4.69, 9.17) is 4.74 Å². The van der Waals surface area contributed by atoms with E-state index in [9.17, 15) is 0 Å². The molecule has 1 aliphatic heterocycles. The molecule has 0 bridgehead atoms. The number of allylic oxidation sites excluding steroid dienone is 1. The van der Waals surface area contributed by atoms with Gasteiger partial charge >= 0.3 is 0 Å². The van der Waals surface area contributed by atoms with Crippen molar-refractivity contribution in [2.75, 3.05) is 12.4 Å². The van der Waals surface area contributed by atoms with E-state index in [0.717, 1.165) is 22.6 Å². The maximum atomic E-state index is 5.21. The highest BCUT2D eigenvalue weighted by Gasteiger charge is 2.24. The van der Waals surface area contributed by atoms with Crippen molar-refractivity contribution in [3.8, 4) is 5.75 Å². The summed E-state index contributed by atoms with van der Waals surface area (Å²) in [7, 11) is 1.66. The monoisotopic (exact) mass is 305 g/mol. The first-order valence-electron chi connectivity index (χ1n) is 7.31. The number of tetrazole rings is 1. The van der Waals surface area contributed by atoms with E-state index >= 15 is 0 Å². The van der Waals surface area contributed by atoms with Gasteiger partial charge < -0.3 is 10.1 Å². The van der Waals surface area contributed by atoms with Crippen LogP contribution in [0.2, 0.25) is 0 Å². The zero-order valence-electron chi connectivity index (χ0n) is 12.5. The Hall–Kier alpha value is -3.15. The molecule has 4 rings (SSSR count). The Kier molecular flexibility index (Phi) is 3.27. The molecular weight excluding hydrogens is 290 g/mol. The predicted molar refractivity (Wildman–Crippen MR) is 87.0 cm³/mol. The third kappa shape index (κ3) is 2.44. The van der Waals surface area contributed by atoms with Crippen molar-refractivity contribution in [2.24, 2.45) is 0 Å². The summed E-state index contributed by atoms with van der Waals surface area (Å²) >= 11 is 0. The number of methoxy groups -OCH3 is 1. The summed E-state index contributed by atoms with van der Waals surface area (Å²) in [5.74, 6) is 1.46. The Labute approximate surface area is 133 Å². The van der Waals surface area contributed by atoms with Gasteiger partial charge in [0.1, 0.15) is 11.8 Å². The zero-order valence-corrected chi connectivity index (χ0v) is 12.5. The van der Waals surface area contributed by atoms with Gasteiger partial charge in [0.25, 0.3) is 0 Å². The third-order valence-corrected chi connectivity index (χ3v) is 3.87. The van der Waals surface area contributed by atoms with Gasteiger partial charge in [-0.2, -0.15) is 4.68 Å². The lowest BCUT2D eigenvalue weighted by molar-refractivity contribution is 0.415. The van der Waals surface area contributed by atoms with E-state index in [1.165, 1.54) is 0 Å². The number of benzene rings is 2. The first kappa shape index (κ1) is 13.5. The number of anilines is 1. The van der Waals surface area contributed by atoms with E-state index in [-0.39, 0.29) is 6.04 Å². The number of hydrogen-bond acceptors (Lipinski definition) is 5. The molecular formula is C17H15N5O. The Morgan fingerprint density at radius 2 is 1.83 bits per heavy atom. The molecule has 23 heavy (non-hydrogen) atoms. The number of nitrogens with one attached hydrogen (secondary N) is 1. The lowest BCUT2D eigenvalue weighted by atomic mass is 10.0. The highest BCUT2D eigenvalue weighted by Crippen LogP contribution is 2.31. The lowest BCUT2D eigenvalue weighted by Gasteiger charge is -2.23. The van der Waals surface area contributed by atoms with E-state index in [1.54, 1.807) is 11.8 Å². The van der Waals surface area contributed by atoms with E-state index < -0.39 is 0 Å². The van der Waals surface area contributed by atoms with E-state index in [2.05, 4.69) is 39.1 Å². The smallest absolute Gasteiger partial charge is 0.248 e. The summed E-state index contributed by atoms with van der Waals surface area (Å²) in [6, 6.07) is 18.0. The van der Waals surface area contributed by atoms with Crippen LogP contribution in [0.15, 0.2) is 60.7 Å². The van der Waals surface area contributed by atoms with Crippen LogP contribution in [0.4, 0.5) is 5.95 Å². The van der Waals surface area contributed by atoms with Gasteiger partial charge in [-0.05, 0) is 51.9 Å². The number of aromatic nitrogens is 4. The molecule has 0 fully saturated rings. The van der Waals surface area contributed by atoms with Crippen LogP contribution in [0.25, 0.3) is 5.70 Å². The largest absolute Gasteiger partial charge is 0.497 e. The molecule has 6 nitrogen and oxygen atoms in total. The normalized spacial score (nSPS) is 16.2. The molecule has 114 valence electrons. The molecule has 0 amide bonds. The van der Waals surface area contributed by atoms with Gasteiger partial charge in [0, 0.05) is 5.70 Å². The quantitative estimate of drug-likeness (QED) is 0.806. The maximum Gasteiger partial charge on any atom is 0.248 e. The molecule has 0 aliphatic carbocycles. The van der Waals surface area contributed by atoms with Gasteiger partial charge in [-0.1, -0.05) is 35.4 Å². The second kappa shape index (κ2) is 5.57. The second-order valence-electron chi connectivity index (χ2n) is 5.24. The topological polar surface area (TPSA) is 64.9 Å². The highest BCUT2D eigenvalue weighted by molar-refractivity contribution is 5.77.